The molecule has 0 radical (unpaired) electrons. The van der Waals surface area contributed by atoms with Crippen molar-refractivity contribution in [3.63, 3.8) is 0 Å². The molecule has 0 saturated heterocycles. The fraction of sp³-hybridized carbons (Fsp3) is 0.625. The minimum absolute atomic E-state index is 0.158. The normalized spacial score (nSPS) is 14.2. The molecule has 0 aliphatic heterocycles. The predicted molar refractivity (Wildman–Crippen MR) is 102 cm³/mol. The second-order valence-corrected chi connectivity index (χ2v) is 9.96. The van der Waals surface area contributed by atoms with Crippen molar-refractivity contribution in [1.29, 1.82) is 0 Å². The van der Waals surface area contributed by atoms with Gasteiger partial charge in [0.1, 0.15) is 0 Å². The third kappa shape index (κ3) is 4.23. The zero-order valence-corrected chi connectivity index (χ0v) is 19.5. The van der Waals surface area contributed by atoms with Gasteiger partial charge in [-0.25, -0.2) is 4.74 Å². The number of alkyl halides is 9. The van der Waals surface area contributed by atoms with Crippen molar-refractivity contribution in [2.24, 2.45) is 0 Å². The largest absolute Gasteiger partial charge is 0.454 e. The van der Waals surface area contributed by atoms with Crippen LogP contribution < -0.4 is 4.31 Å². The van der Waals surface area contributed by atoms with Gasteiger partial charge in [-0.05, 0) is 62.4 Å². The molecule has 0 bridgehead atoms. The van der Waals surface area contributed by atoms with Gasteiger partial charge in [-0.1, -0.05) is 0 Å². The number of nitrogens with zero attached hydrogens (tertiary/aromatic N) is 1. The van der Waals surface area contributed by atoms with Crippen LogP contribution in [-0.2, 0) is 14.8 Å². The molecule has 1 rings (SSSR count). The van der Waals surface area contributed by atoms with E-state index in [4.69, 9.17) is 0 Å². The number of hydrogen-bond acceptors (Lipinski definition) is 3. The lowest BCUT2D eigenvalue weighted by atomic mass is 9.93. The van der Waals surface area contributed by atoms with Crippen LogP contribution in [0.3, 0.4) is 0 Å². The standard InChI is InChI=1S/C16H18F8INO3S/c1-7-8(2)10(4)12(11(5)9(7)3)26(6)30(27,28)16(23,24)15(21,22)29-14(19,20)13(17,18)25/h1-6H3. The fourth-order valence-electron chi connectivity index (χ4n) is 2.67. The van der Waals surface area contributed by atoms with Gasteiger partial charge in [0, 0.05) is 29.6 Å². The van der Waals surface area contributed by atoms with Gasteiger partial charge in [0.25, 0.3) is 0 Å². The smallest absolute Gasteiger partial charge is 0.267 e. The molecule has 174 valence electrons. The molecule has 4 nitrogen and oxygen atoms in total. The Labute approximate surface area is 181 Å². The summed E-state index contributed by atoms with van der Waals surface area (Å²) in [5, 5.41) is -6.31. The van der Waals surface area contributed by atoms with Crippen LogP contribution in [0, 0.1) is 34.6 Å². The van der Waals surface area contributed by atoms with Crippen LogP contribution in [0.4, 0.5) is 40.8 Å². The van der Waals surface area contributed by atoms with Crippen LogP contribution in [0.2, 0.25) is 0 Å². The van der Waals surface area contributed by atoms with Gasteiger partial charge in [0.05, 0.1) is 5.69 Å². The van der Waals surface area contributed by atoms with Crippen molar-refractivity contribution in [3.8, 4) is 0 Å². The van der Waals surface area contributed by atoms with E-state index >= 15 is 0 Å². The number of halogens is 9. The first-order valence-corrected chi connectivity index (χ1v) is 10.5. The minimum Gasteiger partial charge on any atom is -0.267 e. The van der Waals surface area contributed by atoms with Gasteiger partial charge in [-0.2, -0.15) is 43.5 Å². The van der Waals surface area contributed by atoms with E-state index < -0.39 is 31.4 Å². The van der Waals surface area contributed by atoms with Gasteiger partial charge >= 0.3 is 31.4 Å². The van der Waals surface area contributed by atoms with Crippen molar-refractivity contribution in [2.45, 2.75) is 56.0 Å². The molecule has 1 aromatic carbocycles. The average Bonchev–Trinajstić information content (AvgIpc) is 2.56. The molecular weight excluding hydrogens is 565 g/mol. The number of hydrogen-bond donors (Lipinski definition) is 0. The molecule has 0 N–H and O–H groups in total. The van der Waals surface area contributed by atoms with E-state index in [2.05, 4.69) is 4.74 Å². The monoisotopic (exact) mass is 583 g/mol. The third-order valence-electron chi connectivity index (χ3n) is 4.89. The van der Waals surface area contributed by atoms with Crippen LogP contribution >= 0.6 is 22.6 Å². The summed E-state index contributed by atoms with van der Waals surface area (Å²) in [7, 11) is -5.89. The van der Waals surface area contributed by atoms with Crippen molar-refractivity contribution in [1.82, 2.24) is 0 Å². The molecule has 0 spiro atoms. The first-order valence-electron chi connectivity index (χ1n) is 8.00. The summed E-state index contributed by atoms with van der Waals surface area (Å²) in [5.41, 5.74) is 1.60. The lowest BCUT2D eigenvalue weighted by Gasteiger charge is -2.34. The molecule has 14 heteroatoms. The SMILES string of the molecule is Cc1c(C)c(C)c(N(C)S(=O)(=O)C(F)(F)C(F)(F)OC(F)(F)C(F)(F)I)c(C)c1C. The van der Waals surface area contributed by atoms with Gasteiger partial charge in [0.15, 0.2) is 0 Å². The van der Waals surface area contributed by atoms with E-state index in [9.17, 15) is 43.5 Å². The number of ether oxygens (including phenoxy) is 1. The van der Waals surface area contributed by atoms with Gasteiger partial charge < -0.3 is 0 Å². The molecule has 30 heavy (non-hydrogen) atoms. The number of benzene rings is 1. The molecule has 0 aliphatic rings. The molecule has 0 saturated carbocycles. The fourth-order valence-corrected chi connectivity index (χ4v) is 3.98. The Balaban J connectivity index is 3.61. The van der Waals surface area contributed by atoms with Gasteiger partial charge in [-0.3, -0.25) is 4.31 Å². The average molecular weight is 583 g/mol. The molecule has 0 atom stereocenters. The zero-order valence-electron chi connectivity index (χ0n) is 16.5. The summed E-state index contributed by atoms with van der Waals surface area (Å²) in [6.45, 7) is 7.47. The van der Waals surface area contributed by atoms with E-state index in [0.29, 0.717) is 23.7 Å². The first kappa shape index (κ1) is 27.1. The predicted octanol–water partition coefficient (Wildman–Crippen LogP) is 5.82. The molecule has 0 unspecified atom stereocenters. The molecule has 0 heterocycles. The lowest BCUT2D eigenvalue weighted by Crippen LogP contribution is -2.57. The molecule has 1 aromatic rings. The minimum atomic E-state index is -6.49. The maximum atomic E-state index is 14.3. The quantitative estimate of drug-likeness (QED) is 0.231. The number of anilines is 1. The third-order valence-corrected chi connectivity index (χ3v) is 7.30. The van der Waals surface area contributed by atoms with Crippen LogP contribution in [0.1, 0.15) is 27.8 Å². The molecule has 0 amide bonds. The summed E-state index contributed by atoms with van der Waals surface area (Å²) in [4.78, 5) is 0. The molecule has 0 aliphatic carbocycles. The highest BCUT2D eigenvalue weighted by Gasteiger charge is 2.74. The summed E-state index contributed by atoms with van der Waals surface area (Å²) in [6, 6.07) is 0. The van der Waals surface area contributed by atoms with Crippen molar-refractivity contribution >= 4 is 38.3 Å². The van der Waals surface area contributed by atoms with E-state index in [-0.39, 0.29) is 43.7 Å². The van der Waals surface area contributed by atoms with E-state index in [1.54, 1.807) is 20.8 Å². The summed E-state index contributed by atoms with van der Waals surface area (Å²) < 4.78 is 130. The number of rotatable bonds is 7. The molecule has 0 fully saturated rings. The van der Waals surface area contributed by atoms with Crippen molar-refractivity contribution in [2.75, 3.05) is 11.4 Å². The van der Waals surface area contributed by atoms with E-state index in [0.717, 1.165) is 0 Å². The second-order valence-electron chi connectivity index (χ2n) is 6.60. The summed E-state index contributed by atoms with van der Waals surface area (Å²) in [6.07, 6.45) is -12.6. The highest BCUT2D eigenvalue weighted by Crippen LogP contribution is 2.50. The Hall–Kier alpha value is -0.900. The topological polar surface area (TPSA) is 46.6 Å². The molecular formula is C16H18F8INO3S. The van der Waals surface area contributed by atoms with Crippen molar-refractivity contribution < 1.29 is 48.3 Å². The van der Waals surface area contributed by atoms with Gasteiger partial charge in [0.2, 0.25) is 0 Å². The molecule has 0 aromatic heterocycles. The van der Waals surface area contributed by atoms with Crippen LogP contribution in [0.15, 0.2) is 0 Å². The Kier molecular flexibility index (Phi) is 7.15. The summed E-state index contributed by atoms with van der Waals surface area (Å²) in [5.74, 6) is 0. The zero-order chi connectivity index (χ0) is 24.2. The highest BCUT2D eigenvalue weighted by molar-refractivity contribution is 14.1. The highest BCUT2D eigenvalue weighted by atomic mass is 127. The first-order chi connectivity index (χ1) is 13.0. The van der Waals surface area contributed by atoms with Crippen molar-refractivity contribution in [3.05, 3.63) is 27.8 Å². The van der Waals surface area contributed by atoms with Gasteiger partial charge in [-0.15, -0.1) is 0 Å². The van der Waals surface area contributed by atoms with Crippen LogP contribution in [-0.4, -0.2) is 36.9 Å². The van der Waals surface area contributed by atoms with Crippen LogP contribution in [0.5, 0.6) is 0 Å². The van der Waals surface area contributed by atoms with E-state index in [1.165, 1.54) is 13.8 Å². The maximum Gasteiger partial charge on any atom is 0.454 e. The summed E-state index contributed by atoms with van der Waals surface area (Å²) >= 11 is -0.296. The second kappa shape index (κ2) is 7.90. The van der Waals surface area contributed by atoms with Crippen LogP contribution in [0.25, 0.3) is 0 Å². The number of sulfonamides is 1. The Morgan fingerprint density at radius 1 is 0.733 bits per heavy atom. The Morgan fingerprint density at radius 2 is 1.07 bits per heavy atom. The Bertz CT molecular complexity index is 916. The lowest BCUT2D eigenvalue weighted by molar-refractivity contribution is -0.438. The Morgan fingerprint density at radius 3 is 1.40 bits per heavy atom. The maximum absolute atomic E-state index is 14.3. The van der Waals surface area contributed by atoms with E-state index in [1.807, 2.05) is 0 Å².